The molecule has 0 unspecified atom stereocenters. The van der Waals surface area contributed by atoms with Crippen molar-refractivity contribution in [1.29, 1.82) is 0 Å². The zero-order valence-electron chi connectivity index (χ0n) is 12.1. The fraction of sp³-hybridized carbons (Fsp3) is 0.583. The van der Waals surface area contributed by atoms with Crippen molar-refractivity contribution in [2.24, 2.45) is 14.1 Å². The van der Waals surface area contributed by atoms with E-state index in [9.17, 15) is 9.59 Å². The van der Waals surface area contributed by atoms with E-state index in [1.807, 2.05) is 13.8 Å². The zero-order valence-corrected chi connectivity index (χ0v) is 12.1. The number of imidazole rings is 1. The Balaban J connectivity index is 2.26. The largest absolute Gasteiger partial charge is 0.463 e. The van der Waals surface area contributed by atoms with Crippen LogP contribution < -0.4 is 21.3 Å². The lowest BCUT2D eigenvalue weighted by molar-refractivity contribution is 0.289. The van der Waals surface area contributed by atoms with Gasteiger partial charge in [0.15, 0.2) is 11.2 Å². The number of hydrogen-bond acceptors (Lipinski definition) is 5. The summed E-state index contributed by atoms with van der Waals surface area (Å²) < 4.78 is 7.78. The van der Waals surface area contributed by atoms with Crippen molar-refractivity contribution in [2.45, 2.75) is 19.9 Å². The fourth-order valence-electron chi connectivity index (χ4n) is 1.87. The van der Waals surface area contributed by atoms with Gasteiger partial charge in [0.25, 0.3) is 11.6 Å². The van der Waals surface area contributed by atoms with Crippen LogP contribution in [0.15, 0.2) is 9.59 Å². The van der Waals surface area contributed by atoms with Crippen molar-refractivity contribution < 1.29 is 4.74 Å². The van der Waals surface area contributed by atoms with Crippen LogP contribution in [0.25, 0.3) is 11.2 Å². The van der Waals surface area contributed by atoms with Crippen LogP contribution in [0.1, 0.15) is 13.8 Å². The number of aryl methyl sites for hydroxylation is 1. The van der Waals surface area contributed by atoms with Crippen LogP contribution in [0.2, 0.25) is 0 Å². The Kier molecular flexibility index (Phi) is 3.93. The molecule has 0 fully saturated rings. The number of aromatic nitrogens is 4. The molecule has 2 rings (SSSR count). The highest BCUT2D eigenvalue weighted by Crippen LogP contribution is 2.09. The van der Waals surface area contributed by atoms with Gasteiger partial charge in [-0.15, -0.1) is 0 Å². The third kappa shape index (κ3) is 2.60. The Bertz CT molecular complexity index is 725. The number of nitrogens with one attached hydrogen (secondary N) is 2. The molecule has 8 nitrogen and oxygen atoms in total. The molecule has 0 radical (unpaired) electrons. The number of rotatable bonds is 5. The van der Waals surface area contributed by atoms with Gasteiger partial charge >= 0.3 is 5.69 Å². The molecule has 8 heteroatoms. The second-order valence-corrected chi connectivity index (χ2v) is 4.90. The summed E-state index contributed by atoms with van der Waals surface area (Å²) in [6.07, 6.45) is 0. The predicted octanol–water partition coefficient (Wildman–Crippen LogP) is -0.663. The van der Waals surface area contributed by atoms with Crippen molar-refractivity contribution in [2.75, 3.05) is 13.2 Å². The highest BCUT2D eigenvalue weighted by atomic mass is 16.5. The molecule has 0 amide bonds. The predicted molar refractivity (Wildman–Crippen MR) is 75.2 cm³/mol. The minimum atomic E-state index is -0.415. The Labute approximate surface area is 115 Å². The number of ether oxygens (including phenoxy) is 1. The molecule has 0 aromatic carbocycles. The van der Waals surface area contributed by atoms with Gasteiger partial charge in [0.2, 0.25) is 0 Å². The first-order valence-corrected chi connectivity index (χ1v) is 6.43. The van der Waals surface area contributed by atoms with Gasteiger partial charge < -0.3 is 15.0 Å². The lowest BCUT2D eigenvalue weighted by Crippen LogP contribution is -2.36. The lowest BCUT2D eigenvalue weighted by Gasteiger charge is -2.07. The maximum atomic E-state index is 11.9. The minimum Gasteiger partial charge on any atom is -0.463 e. The Hall–Kier alpha value is -2.09. The summed E-state index contributed by atoms with van der Waals surface area (Å²) in [6.45, 7) is 5.18. The summed E-state index contributed by atoms with van der Waals surface area (Å²) >= 11 is 0. The van der Waals surface area contributed by atoms with Crippen LogP contribution in [0.4, 0.5) is 0 Å². The highest BCUT2D eigenvalue weighted by molar-refractivity contribution is 5.70. The van der Waals surface area contributed by atoms with Crippen LogP contribution in [0.3, 0.4) is 0 Å². The van der Waals surface area contributed by atoms with Gasteiger partial charge in [0, 0.05) is 26.7 Å². The van der Waals surface area contributed by atoms with E-state index in [1.54, 1.807) is 7.05 Å². The van der Waals surface area contributed by atoms with E-state index in [1.165, 1.54) is 11.6 Å². The first kappa shape index (κ1) is 14.3. The molecule has 0 aliphatic heterocycles. The lowest BCUT2D eigenvalue weighted by atomic mass is 10.4. The summed E-state index contributed by atoms with van der Waals surface area (Å²) in [4.78, 5) is 30.7. The van der Waals surface area contributed by atoms with Crippen LogP contribution in [0.5, 0.6) is 6.01 Å². The van der Waals surface area contributed by atoms with Gasteiger partial charge in [-0.1, -0.05) is 13.8 Å². The molecular weight excluding hydrogens is 262 g/mol. The monoisotopic (exact) mass is 281 g/mol. The van der Waals surface area contributed by atoms with E-state index in [2.05, 4.69) is 15.3 Å². The fourth-order valence-corrected chi connectivity index (χ4v) is 1.87. The first-order chi connectivity index (χ1) is 9.41. The number of nitrogens with zero attached hydrogens (tertiary/aromatic N) is 3. The number of hydrogen-bond donors (Lipinski definition) is 2. The van der Waals surface area contributed by atoms with Crippen LogP contribution >= 0.6 is 0 Å². The average molecular weight is 281 g/mol. The Morgan fingerprint density at radius 3 is 2.65 bits per heavy atom. The van der Waals surface area contributed by atoms with Crippen molar-refractivity contribution >= 4 is 11.2 Å². The summed E-state index contributed by atoms with van der Waals surface area (Å²) in [5.74, 6) is 0. The number of aromatic amines is 1. The molecule has 2 heterocycles. The summed E-state index contributed by atoms with van der Waals surface area (Å²) in [5, 5.41) is 3.20. The molecule has 2 aromatic rings. The normalized spacial score (nSPS) is 11.4. The van der Waals surface area contributed by atoms with E-state index in [0.717, 1.165) is 4.57 Å². The smallest absolute Gasteiger partial charge is 0.332 e. The standard InChI is InChI=1S/C12H19N5O3/c1-7(2)13-5-6-20-11-14-8-9(15-11)16(3)12(19)17(4)10(8)18/h7,13H,5-6H2,1-4H3,(H,14,15). The van der Waals surface area contributed by atoms with Crippen molar-refractivity contribution in [3.05, 3.63) is 20.8 Å². The molecule has 0 bridgehead atoms. The van der Waals surface area contributed by atoms with Gasteiger partial charge in [-0.05, 0) is 0 Å². The number of fused-ring (bicyclic) bond motifs is 1. The van der Waals surface area contributed by atoms with E-state index in [0.29, 0.717) is 24.8 Å². The SMILES string of the molecule is CC(C)NCCOc1nc2c([nH]1)c(=O)n(C)c(=O)n2C. The van der Waals surface area contributed by atoms with Crippen molar-refractivity contribution in [3.63, 3.8) is 0 Å². The molecule has 0 saturated carbocycles. The topological polar surface area (TPSA) is 93.9 Å². The molecular formula is C12H19N5O3. The van der Waals surface area contributed by atoms with Gasteiger partial charge in [-0.3, -0.25) is 13.9 Å². The molecule has 0 aliphatic rings. The Morgan fingerprint density at radius 1 is 1.30 bits per heavy atom. The third-order valence-electron chi connectivity index (χ3n) is 2.97. The molecule has 2 aromatic heterocycles. The van der Waals surface area contributed by atoms with E-state index in [-0.39, 0.29) is 11.5 Å². The number of H-pyrrole nitrogens is 1. The van der Waals surface area contributed by atoms with Crippen molar-refractivity contribution in [3.8, 4) is 6.01 Å². The molecule has 110 valence electrons. The molecule has 2 N–H and O–H groups in total. The van der Waals surface area contributed by atoms with Gasteiger partial charge in [-0.2, -0.15) is 4.98 Å². The van der Waals surface area contributed by atoms with Crippen LogP contribution in [-0.4, -0.2) is 38.3 Å². The summed E-state index contributed by atoms with van der Waals surface area (Å²) in [5.41, 5.74) is -0.265. The van der Waals surface area contributed by atoms with Gasteiger partial charge in [0.05, 0.1) is 0 Å². The third-order valence-corrected chi connectivity index (χ3v) is 2.97. The second kappa shape index (κ2) is 5.49. The summed E-state index contributed by atoms with van der Waals surface area (Å²) in [6, 6.07) is 0.617. The highest BCUT2D eigenvalue weighted by Gasteiger charge is 2.13. The average Bonchev–Trinajstić information content (AvgIpc) is 2.83. The maximum Gasteiger partial charge on any atom is 0.332 e. The van der Waals surface area contributed by atoms with Gasteiger partial charge in [0.1, 0.15) is 6.61 Å². The molecule has 0 atom stereocenters. The van der Waals surface area contributed by atoms with Crippen molar-refractivity contribution in [1.82, 2.24) is 24.4 Å². The molecule has 0 saturated heterocycles. The molecule has 0 aliphatic carbocycles. The molecule has 20 heavy (non-hydrogen) atoms. The van der Waals surface area contributed by atoms with Crippen LogP contribution in [0, 0.1) is 0 Å². The van der Waals surface area contributed by atoms with Gasteiger partial charge in [-0.25, -0.2) is 4.79 Å². The van der Waals surface area contributed by atoms with E-state index >= 15 is 0 Å². The molecule has 0 spiro atoms. The minimum absolute atomic E-state index is 0.240. The van der Waals surface area contributed by atoms with Crippen LogP contribution in [-0.2, 0) is 14.1 Å². The van der Waals surface area contributed by atoms with E-state index < -0.39 is 11.2 Å². The first-order valence-electron chi connectivity index (χ1n) is 6.43. The summed E-state index contributed by atoms with van der Waals surface area (Å²) in [7, 11) is 2.99. The maximum absolute atomic E-state index is 11.9. The second-order valence-electron chi connectivity index (χ2n) is 4.90. The van der Waals surface area contributed by atoms with E-state index in [4.69, 9.17) is 4.74 Å². The zero-order chi connectivity index (χ0) is 14.9. The Morgan fingerprint density at radius 2 is 2.00 bits per heavy atom. The quantitative estimate of drug-likeness (QED) is 0.709.